The summed E-state index contributed by atoms with van der Waals surface area (Å²) in [5.41, 5.74) is 1.74. The minimum absolute atomic E-state index is 0.0748. The lowest BCUT2D eigenvalue weighted by Crippen LogP contribution is -2.26. The Labute approximate surface area is 157 Å². The minimum atomic E-state index is -3.74. The van der Waals surface area contributed by atoms with Crippen LogP contribution in [-0.2, 0) is 16.6 Å². The molecular weight excluding hydrogens is 364 g/mol. The summed E-state index contributed by atoms with van der Waals surface area (Å²) in [7, 11) is -2.05. The Hall–Kier alpha value is -3.26. The number of benzene rings is 1. The van der Waals surface area contributed by atoms with Crippen LogP contribution in [0.1, 0.15) is 15.9 Å². The van der Waals surface area contributed by atoms with Crippen molar-refractivity contribution in [2.75, 3.05) is 11.8 Å². The summed E-state index contributed by atoms with van der Waals surface area (Å²) in [5, 5.41) is 0. The Bertz CT molecular complexity index is 1010. The molecule has 0 saturated carbocycles. The third-order valence-electron chi connectivity index (χ3n) is 3.83. The van der Waals surface area contributed by atoms with Gasteiger partial charge in [-0.2, -0.15) is 0 Å². The molecule has 0 aliphatic heterocycles. The van der Waals surface area contributed by atoms with Crippen LogP contribution in [0, 0.1) is 0 Å². The van der Waals surface area contributed by atoms with E-state index in [1.54, 1.807) is 36.5 Å². The van der Waals surface area contributed by atoms with E-state index in [-0.39, 0.29) is 10.8 Å². The van der Waals surface area contributed by atoms with Crippen LogP contribution >= 0.6 is 0 Å². The maximum absolute atomic E-state index is 12.5. The summed E-state index contributed by atoms with van der Waals surface area (Å²) in [4.78, 5) is 22.0. The Balaban J connectivity index is 1.71. The largest absolute Gasteiger partial charge is 0.337 e. The van der Waals surface area contributed by atoms with Crippen molar-refractivity contribution in [2.24, 2.45) is 0 Å². The number of rotatable bonds is 6. The quantitative estimate of drug-likeness (QED) is 0.707. The Morgan fingerprint density at radius 1 is 1.00 bits per heavy atom. The number of hydrogen-bond donors (Lipinski definition) is 1. The second-order valence-electron chi connectivity index (χ2n) is 5.89. The van der Waals surface area contributed by atoms with Crippen LogP contribution in [0.4, 0.5) is 5.69 Å². The molecule has 8 heteroatoms. The van der Waals surface area contributed by atoms with Crippen molar-refractivity contribution < 1.29 is 13.2 Å². The fraction of sp³-hybridized carbons (Fsp3) is 0.105. The summed E-state index contributed by atoms with van der Waals surface area (Å²) in [6.07, 6.45) is 6.37. The molecular formula is C19H18N4O3S. The number of nitrogens with one attached hydrogen (secondary N) is 1. The van der Waals surface area contributed by atoms with Crippen LogP contribution in [0.2, 0.25) is 0 Å². The molecule has 3 aromatic rings. The molecule has 0 spiro atoms. The molecule has 138 valence electrons. The first-order valence-electron chi connectivity index (χ1n) is 8.13. The molecule has 3 rings (SSSR count). The number of pyridine rings is 2. The van der Waals surface area contributed by atoms with Gasteiger partial charge in [0.05, 0.1) is 10.6 Å². The van der Waals surface area contributed by atoms with E-state index in [0.717, 1.165) is 5.56 Å². The van der Waals surface area contributed by atoms with Gasteiger partial charge in [0.25, 0.3) is 15.9 Å². The average molecular weight is 382 g/mol. The van der Waals surface area contributed by atoms with Gasteiger partial charge in [0.15, 0.2) is 0 Å². The maximum atomic E-state index is 12.5. The van der Waals surface area contributed by atoms with Crippen LogP contribution in [-0.4, -0.2) is 36.2 Å². The number of nitrogens with zero attached hydrogens (tertiary/aromatic N) is 3. The van der Waals surface area contributed by atoms with Crippen molar-refractivity contribution in [1.29, 1.82) is 0 Å². The van der Waals surface area contributed by atoms with Crippen LogP contribution in [0.15, 0.2) is 78.2 Å². The second kappa shape index (κ2) is 7.96. The van der Waals surface area contributed by atoms with Gasteiger partial charge in [-0.15, -0.1) is 0 Å². The Morgan fingerprint density at radius 3 is 2.33 bits per heavy atom. The van der Waals surface area contributed by atoms with E-state index in [9.17, 15) is 13.2 Å². The van der Waals surface area contributed by atoms with Crippen molar-refractivity contribution in [3.63, 3.8) is 0 Å². The van der Waals surface area contributed by atoms with Crippen LogP contribution in [0.3, 0.4) is 0 Å². The first-order chi connectivity index (χ1) is 13.0. The first kappa shape index (κ1) is 18.5. The standard InChI is InChI=1S/C19H18N4O3S/c1-23(14-15-3-2-10-21-13-15)19(24)16-4-6-18(7-5-16)27(25,26)22-17-8-11-20-12-9-17/h2-13H,14H2,1H3,(H,20,22). The predicted molar refractivity (Wildman–Crippen MR) is 102 cm³/mol. The van der Waals surface area contributed by atoms with E-state index < -0.39 is 10.0 Å². The lowest BCUT2D eigenvalue weighted by Gasteiger charge is -2.17. The molecule has 0 unspecified atom stereocenters. The normalized spacial score (nSPS) is 11.0. The summed E-state index contributed by atoms with van der Waals surface area (Å²) < 4.78 is 27.3. The molecule has 2 aromatic heterocycles. The molecule has 0 bridgehead atoms. The molecule has 0 saturated heterocycles. The van der Waals surface area contributed by atoms with Crippen LogP contribution in [0.25, 0.3) is 0 Å². The molecule has 0 atom stereocenters. The Kier molecular flexibility index (Phi) is 5.46. The molecule has 1 aromatic carbocycles. The monoisotopic (exact) mass is 382 g/mol. The zero-order valence-electron chi connectivity index (χ0n) is 14.6. The van der Waals surface area contributed by atoms with Gasteiger partial charge in [-0.05, 0) is 48.0 Å². The predicted octanol–water partition coefficient (Wildman–Crippen LogP) is 2.55. The smallest absolute Gasteiger partial charge is 0.261 e. The number of carbonyl (C=O) groups is 1. The number of amides is 1. The molecule has 1 N–H and O–H groups in total. The van der Waals surface area contributed by atoms with Gasteiger partial charge in [-0.25, -0.2) is 8.42 Å². The van der Waals surface area contributed by atoms with E-state index >= 15 is 0 Å². The van der Waals surface area contributed by atoms with Crippen molar-refractivity contribution in [3.05, 3.63) is 84.4 Å². The van der Waals surface area contributed by atoms with Gasteiger partial charge in [-0.3, -0.25) is 19.5 Å². The van der Waals surface area contributed by atoms with E-state index in [1.807, 2.05) is 12.1 Å². The van der Waals surface area contributed by atoms with Gasteiger partial charge >= 0.3 is 0 Å². The molecule has 0 aliphatic rings. The molecule has 0 aliphatic carbocycles. The SMILES string of the molecule is CN(Cc1cccnc1)C(=O)c1ccc(S(=O)(=O)Nc2ccncc2)cc1. The third kappa shape index (κ3) is 4.68. The molecule has 0 radical (unpaired) electrons. The maximum Gasteiger partial charge on any atom is 0.261 e. The number of anilines is 1. The summed E-state index contributed by atoms with van der Waals surface area (Å²) in [6.45, 7) is 0.413. The van der Waals surface area contributed by atoms with Crippen LogP contribution in [0.5, 0.6) is 0 Å². The second-order valence-corrected chi connectivity index (χ2v) is 7.57. The van der Waals surface area contributed by atoms with Gasteiger partial charge in [-0.1, -0.05) is 6.07 Å². The first-order valence-corrected chi connectivity index (χ1v) is 9.61. The molecule has 27 heavy (non-hydrogen) atoms. The van der Waals surface area contributed by atoms with Crippen molar-refractivity contribution in [2.45, 2.75) is 11.4 Å². The summed E-state index contributed by atoms with van der Waals surface area (Å²) in [6, 6.07) is 12.6. The molecule has 1 amide bonds. The van der Waals surface area contributed by atoms with E-state index in [2.05, 4.69) is 14.7 Å². The summed E-state index contributed by atoms with van der Waals surface area (Å²) in [5.74, 6) is -0.204. The third-order valence-corrected chi connectivity index (χ3v) is 5.23. The van der Waals surface area contributed by atoms with Gasteiger partial charge < -0.3 is 4.90 Å². The van der Waals surface area contributed by atoms with Gasteiger partial charge in [0.2, 0.25) is 0 Å². The van der Waals surface area contributed by atoms with Crippen LogP contribution < -0.4 is 4.72 Å². The highest BCUT2D eigenvalue weighted by atomic mass is 32.2. The zero-order valence-corrected chi connectivity index (χ0v) is 15.4. The minimum Gasteiger partial charge on any atom is -0.337 e. The fourth-order valence-corrected chi connectivity index (χ4v) is 3.53. The van der Waals surface area contributed by atoms with E-state index in [1.165, 1.54) is 36.7 Å². The molecule has 2 heterocycles. The topological polar surface area (TPSA) is 92.3 Å². The van der Waals surface area contributed by atoms with Crippen molar-refractivity contribution >= 4 is 21.6 Å². The highest BCUT2D eigenvalue weighted by molar-refractivity contribution is 7.92. The highest BCUT2D eigenvalue weighted by Gasteiger charge is 2.17. The van der Waals surface area contributed by atoms with E-state index in [4.69, 9.17) is 0 Å². The fourth-order valence-electron chi connectivity index (χ4n) is 2.47. The lowest BCUT2D eigenvalue weighted by atomic mass is 10.2. The van der Waals surface area contributed by atoms with Crippen molar-refractivity contribution in [1.82, 2.24) is 14.9 Å². The number of aromatic nitrogens is 2. The molecule has 7 nitrogen and oxygen atoms in total. The average Bonchev–Trinajstić information content (AvgIpc) is 2.69. The number of carbonyl (C=O) groups excluding carboxylic acids is 1. The Morgan fingerprint density at radius 2 is 1.70 bits per heavy atom. The highest BCUT2D eigenvalue weighted by Crippen LogP contribution is 2.17. The zero-order chi connectivity index (χ0) is 19.3. The number of hydrogen-bond acceptors (Lipinski definition) is 5. The lowest BCUT2D eigenvalue weighted by molar-refractivity contribution is 0.0785. The van der Waals surface area contributed by atoms with Gasteiger partial charge in [0.1, 0.15) is 0 Å². The van der Waals surface area contributed by atoms with Crippen molar-refractivity contribution in [3.8, 4) is 0 Å². The molecule has 0 fully saturated rings. The summed E-state index contributed by atoms with van der Waals surface area (Å²) >= 11 is 0. The number of sulfonamides is 1. The van der Waals surface area contributed by atoms with Gasteiger partial charge in [0, 0.05) is 43.9 Å². The van der Waals surface area contributed by atoms with E-state index in [0.29, 0.717) is 17.8 Å².